The van der Waals surface area contributed by atoms with E-state index in [0.717, 1.165) is 16.9 Å². The molecular weight excluding hydrogens is 288 g/mol. The molecule has 0 atom stereocenters. The lowest BCUT2D eigenvalue weighted by Gasteiger charge is -1.98. The van der Waals surface area contributed by atoms with Crippen LogP contribution in [0.3, 0.4) is 0 Å². The van der Waals surface area contributed by atoms with E-state index in [-0.39, 0.29) is 11.5 Å². The molecule has 0 unspecified atom stereocenters. The molecule has 0 aromatic heterocycles. The standard InChI is InChI=1S/C20H18O3/c1-23-20-13-10-16(11-14-20)9-12-18(21)7-3-2-5-17-6-4-8-19(22)15-17/h2-15,22H,1H3/b5-2+,7-3+,12-9+. The number of hydrogen-bond acceptors (Lipinski definition) is 3. The predicted octanol–water partition coefficient (Wildman–Crippen LogP) is 4.25. The van der Waals surface area contributed by atoms with E-state index in [1.165, 1.54) is 12.2 Å². The number of aromatic hydroxyl groups is 1. The average molecular weight is 306 g/mol. The Morgan fingerprint density at radius 2 is 1.74 bits per heavy atom. The number of ether oxygens (including phenoxy) is 1. The van der Waals surface area contributed by atoms with E-state index < -0.39 is 0 Å². The van der Waals surface area contributed by atoms with Crippen LogP contribution < -0.4 is 4.74 Å². The first-order valence-corrected chi connectivity index (χ1v) is 7.17. The fourth-order valence-corrected chi connectivity index (χ4v) is 1.89. The van der Waals surface area contributed by atoms with E-state index >= 15 is 0 Å². The van der Waals surface area contributed by atoms with E-state index in [2.05, 4.69) is 0 Å². The summed E-state index contributed by atoms with van der Waals surface area (Å²) < 4.78 is 5.08. The molecule has 0 aliphatic carbocycles. The van der Waals surface area contributed by atoms with E-state index in [0.29, 0.717) is 0 Å². The van der Waals surface area contributed by atoms with Gasteiger partial charge in [0.15, 0.2) is 5.78 Å². The number of hydrogen-bond donors (Lipinski definition) is 1. The Morgan fingerprint density at radius 3 is 2.43 bits per heavy atom. The number of benzene rings is 2. The predicted molar refractivity (Wildman–Crippen MR) is 93.3 cm³/mol. The molecule has 0 spiro atoms. The zero-order valence-corrected chi connectivity index (χ0v) is 12.8. The molecule has 116 valence electrons. The number of rotatable bonds is 6. The van der Waals surface area contributed by atoms with Crippen molar-refractivity contribution in [3.8, 4) is 11.5 Å². The number of ketones is 1. The minimum absolute atomic E-state index is 0.0959. The Bertz CT molecular complexity index is 738. The monoisotopic (exact) mass is 306 g/mol. The molecule has 2 aromatic carbocycles. The van der Waals surface area contributed by atoms with Gasteiger partial charge in [-0.3, -0.25) is 4.79 Å². The highest BCUT2D eigenvalue weighted by Crippen LogP contribution is 2.13. The third-order valence-corrected chi connectivity index (χ3v) is 3.09. The summed E-state index contributed by atoms with van der Waals surface area (Å²) in [6.45, 7) is 0. The maximum absolute atomic E-state index is 11.7. The second kappa shape index (κ2) is 8.39. The molecule has 3 nitrogen and oxygen atoms in total. The maximum Gasteiger partial charge on any atom is 0.178 e. The van der Waals surface area contributed by atoms with Crippen LogP contribution in [0.25, 0.3) is 12.2 Å². The molecule has 0 saturated heterocycles. The van der Waals surface area contributed by atoms with E-state index in [9.17, 15) is 9.90 Å². The van der Waals surface area contributed by atoms with Crippen molar-refractivity contribution < 1.29 is 14.6 Å². The number of carbonyl (C=O) groups excluding carboxylic acids is 1. The van der Waals surface area contributed by atoms with Crippen molar-refractivity contribution in [1.82, 2.24) is 0 Å². The zero-order chi connectivity index (χ0) is 16.5. The fourth-order valence-electron chi connectivity index (χ4n) is 1.89. The Labute approximate surface area is 135 Å². The molecule has 0 bridgehead atoms. The van der Waals surface area contributed by atoms with Crippen molar-refractivity contribution in [2.75, 3.05) is 7.11 Å². The Kier molecular flexibility index (Phi) is 5.95. The normalized spacial score (nSPS) is 11.5. The maximum atomic E-state index is 11.7. The van der Waals surface area contributed by atoms with Crippen LogP contribution in [0.15, 0.2) is 72.8 Å². The Hall–Kier alpha value is -3.07. The second-order valence-corrected chi connectivity index (χ2v) is 4.82. The summed E-state index contributed by atoms with van der Waals surface area (Å²) in [6, 6.07) is 14.4. The minimum Gasteiger partial charge on any atom is -0.508 e. The van der Waals surface area contributed by atoms with Crippen LogP contribution in [0.2, 0.25) is 0 Å². The highest BCUT2D eigenvalue weighted by Gasteiger charge is 1.92. The summed E-state index contributed by atoms with van der Waals surface area (Å²) in [5.41, 5.74) is 1.80. The van der Waals surface area contributed by atoms with Gasteiger partial charge in [-0.15, -0.1) is 0 Å². The van der Waals surface area contributed by atoms with Gasteiger partial charge in [-0.25, -0.2) is 0 Å². The summed E-state index contributed by atoms with van der Waals surface area (Å²) in [5.74, 6) is 0.904. The molecule has 2 aromatic rings. The van der Waals surface area contributed by atoms with Crippen molar-refractivity contribution in [2.45, 2.75) is 0 Å². The van der Waals surface area contributed by atoms with Gasteiger partial charge >= 0.3 is 0 Å². The highest BCUT2D eigenvalue weighted by molar-refractivity contribution is 6.02. The number of carbonyl (C=O) groups is 1. The van der Waals surface area contributed by atoms with Gasteiger partial charge in [0.05, 0.1) is 7.11 Å². The molecule has 3 heteroatoms. The second-order valence-electron chi connectivity index (χ2n) is 4.82. The van der Waals surface area contributed by atoms with Crippen LogP contribution >= 0.6 is 0 Å². The number of allylic oxidation sites excluding steroid dienone is 4. The van der Waals surface area contributed by atoms with Crippen molar-refractivity contribution in [3.05, 3.63) is 84.0 Å². The lowest BCUT2D eigenvalue weighted by Crippen LogP contribution is -1.85. The lowest BCUT2D eigenvalue weighted by atomic mass is 10.2. The van der Waals surface area contributed by atoms with Crippen molar-refractivity contribution >= 4 is 17.9 Å². The third-order valence-electron chi connectivity index (χ3n) is 3.09. The molecule has 0 amide bonds. The van der Waals surface area contributed by atoms with Crippen LogP contribution in [0, 0.1) is 0 Å². The van der Waals surface area contributed by atoms with Crippen LogP contribution in [-0.2, 0) is 4.79 Å². The van der Waals surface area contributed by atoms with Crippen LogP contribution in [0.1, 0.15) is 11.1 Å². The van der Waals surface area contributed by atoms with E-state index in [1.807, 2.05) is 36.4 Å². The summed E-state index contributed by atoms with van der Waals surface area (Å²) in [6.07, 6.45) is 10.0. The molecule has 1 N–H and O–H groups in total. The molecule has 23 heavy (non-hydrogen) atoms. The van der Waals surface area contributed by atoms with Gasteiger partial charge in [0, 0.05) is 0 Å². The van der Waals surface area contributed by atoms with Crippen LogP contribution in [0.4, 0.5) is 0 Å². The molecule has 0 aliphatic heterocycles. The quantitative estimate of drug-likeness (QED) is 0.641. The van der Waals surface area contributed by atoms with Crippen molar-refractivity contribution in [3.63, 3.8) is 0 Å². The van der Waals surface area contributed by atoms with E-state index in [1.54, 1.807) is 43.5 Å². The van der Waals surface area contributed by atoms with E-state index in [4.69, 9.17) is 4.74 Å². The molecule has 0 aliphatic rings. The smallest absolute Gasteiger partial charge is 0.178 e. The van der Waals surface area contributed by atoms with Gasteiger partial charge in [0.25, 0.3) is 0 Å². The van der Waals surface area contributed by atoms with Gasteiger partial charge in [0.2, 0.25) is 0 Å². The highest BCUT2D eigenvalue weighted by atomic mass is 16.5. The van der Waals surface area contributed by atoms with Gasteiger partial charge in [-0.05, 0) is 47.5 Å². The first-order valence-electron chi connectivity index (χ1n) is 7.17. The number of methoxy groups -OCH3 is 1. The molecule has 0 saturated carbocycles. The van der Waals surface area contributed by atoms with Gasteiger partial charge in [0.1, 0.15) is 11.5 Å². The largest absolute Gasteiger partial charge is 0.508 e. The van der Waals surface area contributed by atoms with Crippen LogP contribution in [0.5, 0.6) is 11.5 Å². The SMILES string of the molecule is COc1ccc(/C=C/C(=O)/C=C/C=C/c2cccc(O)c2)cc1. The topological polar surface area (TPSA) is 46.5 Å². The number of phenols is 1. The summed E-state index contributed by atoms with van der Waals surface area (Å²) in [5, 5.41) is 9.35. The first-order chi connectivity index (χ1) is 11.2. The average Bonchev–Trinajstić information content (AvgIpc) is 2.57. The number of phenolic OH excluding ortho intramolecular Hbond substituents is 1. The first kappa shape index (κ1) is 16.3. The van der Waals surface area contributed by atoms with Gasteiger partial charge in [-0.1, -0.05) is 48.6 Å². The Morgan fingerprint density at radius 1 is 0.957 bits per heavy atom. The summed E-state index contributed by atoms with van der Waals surface area (Å²) in [7, 11) is 1.61. The zero-order valence-electron chi connectivity index (χ0n) is 12.8. The molecular formula is C20H18O3. The molecule has 0 radical (unpaired) electrons. The Balaban J connectivity index is 1.89. The molecule has 2 rings (SSSR count). The lowest BCUT2D eigenvalue weighted by molar-refractivity contribution is -0.110. The van der Waals surface area contributed by atoms with Gasteiger partial charge < -0.3 is 9.84 Å². The van der Waals surface area contributed by atoms with Crippen molar-refractivity contribution in [1.29, 1.82) is 0 Å². The van der Waals surface area contributed by atoms with Gasteiger partial charge in [-0.2, -0.15) is 0 Å². The molecule has 0 heterocycles. The minimum atomic E-state index is -0.0959. The fraction of sp³-hybridized carbons (Fsp3) is 0.0500. The molecule has 0 fully saturated rings. The van der Waals surface area contributed by atoms with Crippen LogP contribution in [-0.4, -0.2) is 18.0 Å². The summed E-state index contributed by atoms with van der Waals surface area (Å²) in [4.78, 5) is 11.7. The summed E-state index contributed by atoms with van der Waals surface area (Å²) >= 11 is 0. The van der Waals surface area contributed by atoms with Crippen molar-refractivity contribution in [2.24, 2.45) is 0 Å². The third kappa shape index (κ3) is 5.67.